The van der Waals surface area contributed by atoms with Gasteiger partial charge in [-0.25, -0.2) is 0 Å². The minimum Gasteiger partial charge on any atom is -0.497 e. The zero-order valence-electron chi connectivity index (χ0n) is 12.8. The Bertz CT molecular complexity index is 809. The number of amides is 2. The number of nitrogens with one attached hydrogen (secondary N) is 2. The summed E-state index contributed by atoms with van der Waals surface area (Å²) in [5.74, 6) is -1.71. The predicted molar refractivity (Wildman–Crippen MR) is 86.7 cm³/mol. The van der Waals surface area contributed by atoms with Gasteiger partial charge in [-0.05, 0) is 30.3 Å². The molecule has 0 fully saturated rings. The Morgan fingerprint density at radius 2 is 1.60 bits per heavy atom. The van der Waals surface area contributed by atoms with Crippen LogP contribution in [0.5, 0.6) is 5.75 Å². The quantitative estimate of drug-likeness (QED) is 0.802. The van der Waals surface area contributed by atoms with Crippen molar-refractivity contribution in [3.8, 4) is 5.75 Å². The molecule has 0 saturated carbocycles. The van der Waals surface area contributed by atoms with Crippen molar-refractivity contribution < 1.29 is 27.5 Å². The van der Waals surface area contributed by atoms with Gasteiger partial charge in [0.25, 0.3) is 0 Å². The Balaban J connectivity index is 2.10. The van der Waals surface area contributed by atoms with Crippen molar-refractivity contribution in [3.63, 3.8) is 0 Å². The lowest BCUT2D eigenvalue weighted by Gasteiger charge is -2.12. The molecule has 2 rings (SSSR count). The summed E-state index contributed by atoms with van der Waals surface area (Å²) in [6, 6.07) is 9.05. The average molecular weight is 373 g/mol. The average Bonchev–Trinajstić information content (AvgIpc) is 2.55. The molecule has 0 radical (unpaired) electrons. The van der Waals surface area contributed by atoms with Crippen molar-refractivity contribution >= 4 is 34.8 Å². The highest BCUT2D eigenvalue weighted by Crippen LogP contribution is 2.36. The highest BCUT2D eigenvalue weighted by atomic mass is 35.5. The van der Waals surface area contributed by atoms with E-state index in [0.717, 1.165) is 12.1 Å². The molecule has 0 aliphatic rings. The Kier molecular flexibility index (Phi) is 5.53. The monoisotopic (exact) mass is 372 g/mol. The van der Waals surface area contributed by atoms with Gasteiger partial charge in [0.2, 0.25) is 0 Å². The van der Waals surface area contributed by atoms with Crippen LogP contribution in [0.2, 0.25) is 5.02 Å². The molecule has 0 heterocycles. The smallest absolute Gasteiger partial charge is 0.417 e. The van der Waals surface area contributed by atoms with E-state index in [1.807, 2.05) is 0 Å². The number of carbonyl (C=O) groups is 2. The van der Waals surface area contributed by atoms with E-state index in [9.17, 15) is 22.8 Å². The number of hydrogen-bond donors (Lipinski definition) is 2. The van der Waals surface area contributed by atoms with E-state index in [1.165, 1.54) is 19.2 Å². The molecular formula is C16H12ClF3N2O3. The highest BCUT2D eigenvalue weighted by Gasteiger charge is 2.33. The van der Waals surface area contributed by atoms with Crippen LogP contribution in [0, 0.1) is 0 Å². The van der Waals surface area contributed by atoms with Crippen LogP contribution in [0.4, 0.5) is 24.5 Å². The molecule has 132 valence electrons. The molecular weight excluding hydrogens is 361 g/mol. The largest absolute Gasteiger partial charge is 0.497 e. The minimum atomic E-state index is -4.68. The van der Waals surface area contributed by atoms with Crippen molar-refractivity contribution in [2.24, 2.45) is 0 Å². The lowest BCUT2D eigenvalue weighted by atomic mass is 10.2. The number of alkyl halides is 3. The number of hydrogen-bond acceptors (Lipinski definition) is 3. The topological polar surface area (TPSA) is 67.4 Å². The molecule has 0 spiro atoms. The Morgan fingerprint density at radius 1 is 1.00 bits per heavy atom. The molecule has 2 N–H and O–H groups in total. The SMILES string of the molecule is COc1cccc(NC(=O)C(=O)Nc2ccc(Cl)c(C(F)(F)F)c2)c1. The van der Waals surface area contributed by atoms with E-state index in [4.69, 9.17) is 16.3 Å². The fourth-order valence-corrected chi connectivity index (χ4v) is 2.12. The van der Waals surface area contributed by atoms with Crippen molar-refractivity contribution in [2.45, 2.75) is 6.18 Å². The molecule has 0 aliphatic carbocycles. The number of rotatable bonds is 3. The molecule has 2 aromatic rings. The van der Waals surface area contributed by atoms with E-state index in [1.54, 1.807) is 12.1 Å². The summed E-state index contributed by atoms with van der Waals surface area (Å²) in [6.45, 7) is 0. The molecule has 0 aliphatic heterocycles. The van der Waals surface area contributed by atoms with Gasteiger partial charge in [0.05, 0.1) is 17.7 Å². The normalized spacial score (nSPS) is 10.9. The van der Waals surface area contributed by atoms with E-state index >= 15 is 0 Å². The van der Waals surface area contributed by atoms with Gasteiger partial charge in [-0.1, -0.05) is 17.7 Å². The molecule has 0 aromatic heterocycles. The molecule has 0 unspecified atom stereocenters. The van der Waals surface area contributed by atoms with E-state index in [2.05, 4.69) is 10.6 Å². The Labute approximate surface area is 145 Å². The number of halogens is 4. The van der Waals surface area contributed by atoms with Crippen LogP contribution < -0.4 is 15.4 Å². The van der Waals surface area contributed by atoms with Gasteiger partial charge in [0.15, 0.2) is 0 Å². The number of methoxy groups -OCH3 is 1. The van der Waals surface area contributed by atoms with Gasteiger partial charge in [-0.3, -0.25) is 9.59 Å². The first kappa shape index (κ1) is 18.6. The van der Waals surface area contributed by atoms with Crippen molar-refractivity contribution in [3.05, 3.63) is 53.1 Å². The molecule has 2 aromatic carbocycles. The fourth-order valence-electron chi connectivity index (χ4n) is 1.90. The van der Waals surface area contributed by atoms with Crippen LogP contribution in [-0.2, 0) is 15.8 Å². The first-order valence-electron chi connectivity index (χ1n) is 6.84. The van der Waals surface area contributed by atoms with Crippen LogP contribution in [0.1, 0.15) is 5.56 Å². The van der Waals surface area contributed by atoms with E-state index in [0.29, 0.717) is 17.5 Å². The second-order valence-electron chi connectivity index (χ2n) is 4.83. The summed E-state index contributed by atoms with van der Waals surface area (Å²) in [5, 5.41) is 3.89. The zero-order valence-corrected chi connectivity index (χ0v) is 13.5. The van der Waals surface area contributed by atoms with Crippen molar-refractivity contribution in [1.29, 1.82) is 0 Å². The van der Waals surface area contributed by atoms with E-state index in [-0.39, 0.29) is 5.69 Å². The summed E-state index contributed by atoms with van der Waals surface area (Å²) in [6.07, 6.45) is -4.68. The second kappa shape index (κ2) is 7.43. The third-order valence-corrected chi connectivity index (χ3v) is 3.39. The molecule has 2 amide bonds. The van der Waals surface area contributed by atoms with E-state index < -0.39 is 28.6 Å². The zero-order chi connectivity index (χ0) is 18.6. The lowest BCUT2D eigenvalue weighted by molar-refractivity contribution is -0.137. The number of ether oxygens (including phenoxy) is 1. The van der Waals surface area contributed by atoms with Crippen LogP contribution in [0.15, 0.2) is 42.5 Å². The molecule has 9 heteroatoms. The summed E-state index contributed by atoms with van der Waals surface area (Å²) < 4.78 is 43.4. The number of anilines is 2. The van der Waals surface area contributed by atoms with Crippen molar-refractivity contribution in [1.82, 2.24) is 0 Å². The van der Waals surface area contributed by atoms with Gasteiger partial charge in [-0.15, -0.1) is 0 Å². The maximum Gasteiger partial charge on any atom is 0.417 e. The Morgan fingerprint density at radius 3 is 2.16 bits per heavy atom. The first-order chi connectivity index (χ1) is 11.7. The minimum absolute atomic E-state index is 0.206. The maximum atomic E-state index is 12.8. The van der Waals surface area contributed by atoms with Crippen LogP contribution in [0.25, 0.3) is 0 Å². The van der Waals surface area contributed by atoms with Gasteiger partial charge >= 0.3 is 18.0 Å². The molecule has 0 atom stereocenters. The summed E-state index contributed by atoms with van der Waals surface area (Å²) in [4.78, 5) is 23.7. The third kappa shape index (κ3) is 4.87. The molecule has 0 bridgehead atoms. The lowest BCUT2D eigenvalue weighted by Crippen LogP contribution is -2.29. The van der Waals surface area contributed by atoms with Crippen LogP contribution >= 0.6 is 11.6 Å². The third-order valence-electron chi connectivity index (χ3n) is 3.06. The fraction of sp³-hybridized carbons (Fsp3) is 0.125. The van der Waals surface area contributed by atoms with Gasteiger partial charge in [0.1, 0.15) is 5.75 Å². The van der Waals surface area contributed by atoms with Crippen LogP contribution in [0.3, 0.4) is 0 Å². The maximum absolute atomic E-state index is 12.8. The standard InChI is InChI=1S/C16H12ClF3N2O3/c1-25-11-4-2-3-9(7-11)21-14(23)15(24)22-10-5-6-13(17)12(8-10)16(18,19)20/h2-8H,1H3,(H,21,23)(H,22,24). The number of carbonyl (C=O) groups excluding carboxylic acids is 2. The van der Waals surface area contributed by atoms with Crippen LogP contribution in [-0.4, -0.2) is 18.9 Å². The molecule has 25 heavy (non-hydrogen) atoms. The Hall–Kier alpha value is -2.74. The van der Waals surface area contributed by atoms with Gasteiger partial charge in [0, 0.05) is 17.4 Å². The van der Waals surface area contributed by atoms with Crippen molar-refractivity contribution in [2.75, 3.05) is 17.7 Å². The predicted octanol–water partition coefficient (Wildman–Crippen LogP) is 3.94. The molecule has 0 saturated heterocycles. The molecule has 5 nitrogen and oxygen atoms in total. The van der Waals surface area contributed by atoms with Gasteiger partial charge in [-0.2, -0.15) is 13.2 Å². The number of benzene rings is 2. The summed E-state index contributed by atoms with van der Waals surface area (Å²) in [5.41, 5.74) is -1.02. The first-order valence-corrected chi connectivity index (χ1v) is 7.21. The highest BCUT2D eigenvalue weighted by molar-refractivity contribution is 6.43. The second-order valence-corrected chi connectivity index (χ2v) is 5.24. The summed E-state index contributed by atoms with van der Waals surface area (Å²) in [7, 11) is 1.44. The summed E-state index contributed by atoms with van der Waals surface area (Å²) >= 11 is 5.49. The van der Waals surface area contributed by atoms with Gasteiger partial charge < -0.3 is 15.4 Å².